The van der Waals surface area contributed by atoms with E-state index in [1.165, 1.54) is 0 Å². The number of nitrogens with zero attached hydrogens (tertiary/aromatic N) is 1. The highest BCUT2D eigenvalue weighted by atomic mass is 16.2. The highest BCUT2D eigenvalue weighted by Gasteiger charge is 2.21. The van der Waals surface area contributed by atoms with Crippen molar-refractivity contribution in [1.29, 1.82) is 0 Å². The molecule has 3 nitrogen and oxygen atoms in total. The van der Waals surface area contributed by atoms with E-state index in [0.29, 0.717) is 6.54 Å². The summed E-state index contributed by atoms with van der Waals surface area (Å²) in [6.07, 6.45) is 0.874. The predicted octanol–water partition coefficient (Wildman–Crippen LogP) is 3.05. The Morgan fingerprint density at radius 3 is 2.50 bits per heavy atom. The number of benzene rings is 1. The predicted molar refractivity (Wildman–Crippen MR) is 76.0 cm³/mol. The first-order valence-electron chi connectivity index (χ1n) is 6.60. The van der Waals surface area contributed by atoms with E-state index in [2.05, 4.69) is 0 Å². The molecule has 1 unspecified atom stereocenters. The van der Waals surface area contributed by atoms with Crippen molar-refractivity contribution in [2.45, 2.75) is 46.7 Å². The lowest BCUT2D eigenvalue weighted by Crippen LogP contribution is -2.39. The second kappa shape index (κ2) is 6.43. The van der Waals surface area contributed by atoms with Crippen molar-refractivity contribution < 1.29 is 4.79 Å². The molecule has 0 aromatic heterocycles. The third-order valence-electron chi connectivity index (χ3n) is 3.24. The zero-order valence-corrected chi connectivity index (χ0v) is 11.8. The van der Waals surface area contributed by atoms with Gasteiger partial charge in [-0.05, 0) is 38.0 Å². The molecule has 1 amide bonds. The van der Waals surface area contributed by atoms with Crippen molar-refractivity contribution >= 4 is 11.6 Å². The molecule has 0 aliphatic heterocycles. The van der Waals surface area contributed by atoms with Crippen molar-refractivity contribution in [1.82, 2.24) is 4.90 Å². The Hall–Kier alpha value is -1.51. The van der Waals surface area contributed by atoms with E-state index in [9.17, 15) is 4.79 Å². The minimum Gasteiger partial charge on any atom is -0.399 e. The second-order valence-electron chi connectivity index (χ2n) is 5.11. The van der Waals surface area contributed by atoms with Gasteiger partial charge in [0, 0.05) is 24.2 Å². The van der Waals surface area contributed by atoms with Gasteiger partial charge in [0.15, 0.2) is 0 Å². The van der Waals surface area contributed by atoms with Crippen LogP contribution in [0.25, 0.3) is 0 Å². The summed E-state index contributed by atoms with van der Waals surface area (Å²) < 4.78 is 0. The van der Waals surface area contributed by atoms with Gasteiger partial charge in [0.05, 0.1) is 0 Å². The lowest BCUT2D eigenvalue weighted by atomic mass is 10.1. The molecule has 1 aromatic rings. The van der Waals surface area contributed by atoms with Gasteiger partial charge in [0.25, 0.3) is 0 Å². The van der Waals surface area contributed by atoms with Gasteiger partial charge in [0.1, 0.15) is 0 Å². The van der Waals surface area contributed by atoms with Crippen molar-refractivity contribution in [3.63, 3.8) is 0 Å². The second-order valence-corrected chi connectivity index (χ2v) is 5.11. The lowest BCUT2D eigenvalue weighted by Gasteiger charge is -2.29. The first-order chi connectivity index (χ1) is 8.45. The molecule has 0 heterocycles. The smallest absolute Gasteiger partial charge is 0.225 e. The van der Waals surface area contributed by atoms with Gasteiger partial charge in [-0.2, -0.15) is 0 Å². The zero-order valence-electron chi connectivity index (χ0n) is 11.8. The third kappa shape index (κ3) is 3.76. The molecule has 100 valence electrons. The third-order valence-corrected chi connectivity index (χ3v) is 3.24. The number of nitrogens with two attached hydrogens (primary N) is 1. The Morgan fingerprint density at radius 1 is 1.33 bits per heavy atom. The minimum atomic E-state index is 0.0773. The van der Waals surface area contributed by atoms with Crippen molar-refractivity contribution in [2.75, 3.05) is 5.73 Å². The Labute approximate surface area is 110 Å². The summed E-state index contributed by atoms with van der Waals surface area (Å²) in [5.41, 5.74) is 7.60. The quantitative estimate of drug-likeness (QED) is 0.814. The number of carbonyl (C=O) groups excluding carboxylic acids is 1. The number of hydrogen-bond donors (Lipinski definition) is 1. The topological polar surface area (TPSA) is 46.3 Å². The first-order valence-corrected chi connectivity index (χ1v) is 6.60. The molecule has 2 N–H and O–H groups in total. The summed E-state index contributed by atoms with van der Waals surface area (Å²) in [5.74, 6) is 0.295. The van der Waals surface area contributed by atoms with E-state index in [1.807, 2.05) is 56.9 Å². The van der Waals surface area contributed by atoms with Gasteiger partial charge in [-0.3, -0.25) is 4.79 Å². The fourth-order valence-electron chi connectivity index (χ4n) is 1.86. The van der Waals surface area contributed by atoms with Crippen LogP contribution < -0.4 is 5.73 Å². The van der Waals surface area contributed by atoms with E-state index in [-0.39, 0.29) is 17.9 Å². The number of carbonyl (C=O) groups is 1. The van der Waals surface area contributed by atoms with Crippen molar-refractivity contribution in [3.05, 3.63) is 29.8 Å². The molecule has 1 atom stereocenters. The molecule has 0 aliphatic carbocycles. The number of amides is 1. The highest BCUT2D eigenvalue weighted by molar-refractivity contribution is 5.78. The summed E-state index contributed by atoms with van der Waals surface area (Å²) in [6, 6.07) is 7.93. The zero-order chi connectivity index (χ0) is 13.7. The van der Waals surface area contributed by atoms with Gasteiger partial charge in [0.2, 0.25) is 5.91 Å². The fourth-order valence-corrected chi connectivity index (χ4v) is 1.86. The van der Waals surface area contributed by atoms with Crippen LogP contribution in [-0.4, -0.2) is 16.8 Å². The molecular formula is C15H24N2O. The van der Waals surface area contributed by atoms with Gasteiger partial charge >= 0.3 is 0 Å². The molecule has 0 spiro atoms. The van der Waals surface area contributed by atoms with Crippen LogP contribution >= 0.6 is 0 Å². The molecule has 18 heavy (non-hydrogen) atoms. The molecule has 0 saturated heterocycles. The summed E-state index contributed by atoms with van der Waals surface area (Å²) in [7, 11) is 0. The van der Waals surface area contributed by atoms with Gasteiger partial charge in [-0.1, -0.05) is 26.0 Å². The van der Waals surface area contributed by atoms with E-state index >= 15 is 0 Å². The molecular weight excluding hydrogens is 224 g/mol. The molecule has 0 radical (unpaired) electrons. The molecule has 1 aromatic carbocycles. The van der Waals surface area contributed by atoms with Crippen LogP contribution in [0.5, 0.6) is 0 Å². The molecule has 0 fully saturated rings. The largest absolute Gasteiger partial charge is 0.399 e. The summed E-state index contributed by atoms with van der Waals surface area (Å²) in [6.45, 7) is 8.75. The number of rotatable bonds is 5. The van der Waals surface area contributed by atoms with Crippen LogP contribution in [0.3, 0.4) is 0 Å². The van der Waals surface area contributed by atoms with Crippen LogP contribution in [0.1, 0.15) is 39.7 Å². The maximum atomic E-state index is 12.3. The normalized spacial score (nSPS) is 12.5. The minimum absolute atomic E-state index is 0.0773. The van der Waals surface area contributed by atoms with E-state index in [0.717, 1.165) is 17.7 Å². The average Bonchev–Trinajstić information content (AvgIpc) is 2.34. The van der Waals surface area contributed by atoms with Gasteiger partial charge in [-0.25, -0.2) is 0 Å². The maximum Gasteiger partial charge on any atom is 0.225 e. The molecule has 0 saturated carbocycles. The van der Waals surface area contributed by atoms with E-state index < -0.39 is 0 Å². The molecule has 1 rings (SSSR count). The van der Waals surface area contributed by atoms with Gasteiger partial charge < -0.3 is 10.6 Å². The maximum absolute atomic E-state index is 12.3. The summed E-state index contributed by atoms with van der Waals surface area (Å²) in [4.78, 5) is 14.2. The lowest BCUT2D eigenvalue weighted by molar-refractivity contribution is -0.137. The van der Waals surface area contributed by atoms with Crippen LogP contribution in [0.2, 0.25) is 0 Å². The Kier molecular flexibility index (Phi) is 5.20. The molecule has 3 heteroatoms. The highest BCUT2D eigenvalue weighted by Crippen LogP contribution is 2.15. The fraction of sp³-hybridized carbons (Fsp3) is 0.533. The summed E-state index contributed by atoms with van der Waals surface area (Å²) in [5, 5.41) is 0. The SMILES string of the molecule is CCC(C)C(=O)N(Cc1cccc(N)c1)C(C)C. The monoisotopic (exact) mass is 248 g/mol. The van der Waals surface area contributed by atoms with Crippen LogP contribution in [0.4, 0.5) is 5.69 Å². The molecule has 0 aliphatic rings. The van der Waals surface area contributed by atoms with E-state index in [4.69, 9.17) is 5.73 Å². The number of anilines is 1. The van der Waals surface area contributed by atoms with Gasteiger partial charge in [-0.15, -0.1) is 0 Å². The van der Waals surface area contributed by atoms with Crippen molar-refractivity contribution in [2.24, 2.45) is 5.92 Å². The van der Waals surface area contributed by atoms with E-state index in [1.54, 1.807) is 0 Å². The summed E-state index contributed by atoms with van der Waals surface area (Å²) >= 11 is 0. The first kappa shape index (κ1) is 14.6. The Balaban J connectivity index is 2.84. The average molecular weight is 248 g/mol. The molecule has 0 bridgehead atoms. The number of nitrogen functional groups attached to an aromatic ring is 1. The number of hydrogen-bond acceptors (Lipinski definition) is 2. The standard InChI is InChI=1S/C15H24N2O/c1-5-12(4)15(18)17(11(2)3)10-13-7-6-8-14(16)9-13/h6-9,11-12H,5,10,16H2,1-4H3. The van der Waals surface area contributed by atoms with Crippen molar-refractivity contribution in [3.8, 4) is 0 Å². The Morgan fingerprint density at radius 2 is 2.00 bits per heavy atom. The Bertz CT molecular complexity index is 401. The van der Waals surface area contributed by atoms with Crippen LogP contribution in [-0.2, 0) is 11.3 Å². The van der Waals surface area contributed by atoms with Crippen LogP contribution in [0, 0.1) is 5.92 Å². The van der Waals surface area contributed by atoms with Crippen LogP contribution in [0.15, 0.2) is 24.3 Å².